The first kappa shape index (κ1) is 18.4. The van der Waals surface area contributed by atoms with E-state index < -0.39 is 8.32 Å². The van der Waals surface area contributed by atoms with E-state index in [9.17, 15) is 0 Å². The summed E-state index contributed by atoms with van der Waals surface area (Å²) in [7, 11) is -0.739. The minimum Gasteiger partial charge on any atom is -0.413 e. The molecule has 0 bridgehead atoms. The molecular weight excluding hydrogens is 324 g/mol. The molecule has 2 aliphatic carbocycles. The standard InChI is InChI=1S/C21H34OSi2/c1-21(2,3)24(4,5)22-20-17(14-16-10-9-13-19(16)20)15-23-18-11-7-6-8-12-18/h6-8,11-12,16-17,19-20H,9-10,13-15H2,1-5H3/t16-,17+,19+,20+/m0/s1. The van der Waals surface area contributed by atoms with Gasteiger partial charge in [0.15, 0.2) is 8.32 Å². The third-order valence-corrected chi connectivity index (χ3v) is 12.7. The largest absolute Gasteiger partial charge is 0.413 e. The van der Waals surface area contributed by atoms with Crippen LogP contribution >= 0.6 is 0 Å². The van der Waals surface area contributed by atoms with Crippen LogP contribution in [0.1, 0.15) is 46.5 Å². The van der Waals surface area contributed by atoms with Gasteiger partial charge in [-0.3, -0.25) is 0 Å². The molecule has 3 rings (SSSR count). The van der Waals surface area contributed by atoms with Crippen LogP contribution in [-0.4, -0.2) is 23.9 Å². The van der Waals surface area contributed by atoms with Crippen molar-refractivity contribution in [2.75, 3.05) is 0 Å². The lowest BCUT2D eigenvalue weighted by Gasteiger charge is -2.41. The highest BCUT2D eigenvalue weighted by Gasteiger charge is 2.49. The molecule has 0 saturated heterocycles. The van der Waals surface area contributed by atoms with Gasteiger partial charge in [0.1, 0.15) is 0 Å². The Labute approximate surface area is 152 Å². The minimum absolute atomic E-state index is 0.315. The molecule has 0 aromatic heterocycles. The summed E-state index contributed by atoms with van der Waals surface area (Å²) in [5.74, 6) is 2.59. The lowest BCUT2D eigenvalue weighted by atomic mass is 9.99. The molecule has 2 saturated carbocycles. The summed E-state index contributed by atoms with van der Waals surface area (Å²) in [4.78, 5) is 0. The van der Waals surface area contributed by atoms with Crippen LogP contribution in [0.25, 0.3) is 0 Å². The molecular formula is C21H34OSi2. The van der Waals surface area contributed by atoms with Crippen LogP contribution in [0, 0.1) is 17.8 Å². The molecule has 2 fully saturated rings. The van der Waals surface area contributed by atoms with E-state index in [0.717, 1.165) is 27.3 Å². The van der Waals surface area contributed by atoms with Crippen LogP contribution in [-0.2, 0) is 4.43 Å². The first-order chi connectivity index (χ1) is 11.3. The van der Waals surface area contributed by atoms with Gasteiger partial charge in [-0.1, -0.05) is 75.2 Å². The molecule has 24 heavy (non-hydrogen) atoms. The molecule has 1 aromatic rings. The number of benzene rings is 1. The molecule has 2 radical (unpaired) electrons. The van der Waals surface area contributed by atoms with Gasteiger partial charge in [0.05, 0.1) is 15.6 Å². The predicted molar refractivity (Wildman–Crippen MR) is 108 cm³/mol. The highest BCUT2D eigenvalue weighted by atomic mass is 28.4. The Morgan fingerprint density at radius 1 is 1.12 bits per heavy atom. The molecule has 1 aromatic carbocycles. The Balaban J connectivity index is 1.70. The van der Waals surface area contributed by atoms with Crippen LogP contribution in [0.3, 0.4) is 0 Å². The van der Waals surface area contributed by atoms with Crippen molar-refractivity contribution in [2.45, 2.75) is 76.7 Å². The maximum Gasteiger partial charge on any atom is 0.192 e. The lowest BCUT2D eigenvalue weighted by Crippen LogP contribution is -2.46. The van der Waals surface area contributed by atoms with E-state index in [0.29, 0.717) is 11.1 Å². The van der Waals surface area contributed by atoms with Crippen molar-refractivity contribution < 1.29 is 4.43 Å². The topological polar surface area (TPSA) is 9.23 Å². The zero-order valence-corrected chi connectivity index (χ0v) is 18.1. The van der Waals surface area contributed by atoms with E-state index in [1.165, 1.54) is 36.9 Å². The maximum absolute atomic E-state index is 7.02. The van der Waals surface area contributed by atoms with E-state index in [-0.39, 0.29) is 0 Å². The van der Waals surface area contributed by atoms with Gasteiger partial charge in [0, 0.05) is 0 Å². The van der Waals surface area contributed by atoms with E-state index in [1.807, 2.05) is 0 Å². The third-order valence-electron chi connectivity index (χ3n) is 6.79. The van der Waals surface area contributed by atoms with Gasteiger partial charge in [-0.15, -0.1) is 0 Å². The van der Waals surface area contributed by atoms with Gasteiger partial charge in [0.2, 0.25) is 0 Å². The maximum atomic E-state index is 7.02. The van der Waals surface area contributed by atoms with Crippen LogP contribution in [0.4, 0.5) is 0 Å². The molecule has 0 spiro atoms. The monoisotopic (exact) mass is 358 g/mol. The van der Waals surface area contributed by atoms with Crippen molar-refractivity contribution in [2.24, 2.45) is 17.8 Å². The molecule has 1 nitrogen and oxygen atoms in total. The van der Waals surface area contributed by atoms with Crippen molar-refractivity contribution >= 4 is 23.0 Å². The van der Waals surface area contributed by atoms with E-state index in [2.05, 4.69) is 64.2 Å². The number of hydrogen-bond donors (Lipinski definition) is 0. The molecule has 0 aliphatic heterocycles. The fourth-order valence-corrected chi connectivity index (χ4v) is 7.09. The van der Waals surface area contributed by atoms with Crippen LogP contribution in [0.5, 0.6) is 0 Å². The molecule has 0 amide bonds. The zero-order valence-electron chi connectivity index (χ0n) is 16.1. The first-order valence-corrected chi connectivity index (χ1v) is 13.9. The summed E-state index contributed by atoms with van der Waals surface area (Å²) in [6.45, 7) is 12.0. The van der Waals surface area contributed by atoms with Crippen molar-refractivity contribution in [1.29, 1.82) is 0 Å². The second-order valence-electron chi connectivity index (χ2n) is 9.44. The van der Waals surface area contributed by atoms with Crippen LogP contribution < -0.4 is 5.19 Å². The Kier molecular flexibility index (Phi) is 5.43. The average molecular weight is 359 g/mol. The van der Waals surface area contributed by atoms with E-state index >= 15 is 0 Å². The molecule has 0 heterocycles. The summed E-state index contributed by atoms with van der Waals surface area (Å²) in [5.41, 5.74) is 0. The normalized spacial score (nSPS) is 30.5. The van der Waals surface area contributed by atoms with E-state index in [1.54, 1.807) is 0 Å². The van der Waals surface area contributed by atoms with Gasteiger partial charge >= 0.3 is 0 Å². The predicted octanol–water partition coefficient (Wildman–Crippen LogP) is 5.26. The highest BCUT2D eigenvalue weighted by Crippen LogP contribution is 2.51. The second-order valence-corrected chi connectivity index (χ2v) is 15.5. The van der Waals surface area contributed by atoms with Crippen molar-refractivity contribution in [3.63, 3.8) is 0 Å². The SMILES string of the molecule is CC(C)(C)[Si](C)(C)O[C@@H]1[C@@H](C[Si]c2ccccc2)C[C@@H]2CCC[C@H]21. The van der Waals surface area contributed by atoms with Gasteiger partial charge in [-0.25, -0.2) is 0 Å². The molecule has 4 atom stereocenters. The minimum atomic E-state index is -1.68. The molecule has 2 aliphatic rings. The van der Waals surface area contributed by atoms with Crippen molar-refractivity contribution in [1.82, 2.24) is 0 Å². The summed E-state index contributed by atoms with van der Waals surface area (Å²) >= 11 is 0. The Bertz CT molecular complexity index is 535. The summed E-state index contributed by atoms with van der Waals surface area (Å²) in [5, 5.41) is 1.83. The summed E-state index contributed by atoms with van der Waals surface area (Å²) in [6, 6.07) is 12.4. The lowest BCUT2D eigenvalue weighted by molar-refractivity contribution is 0.104. The van der Waals surface area contributed by atoms with Gasteiger partial charge < -0.3 is 4.43 Å². The van der Waals surface area contributed by atoms with E-state index in [4.69, 9.17) is 4.43 Å². The Hall–Kier alpha value is -0.386. The first-order valence-electron chi connectivity index (χ1n) is 9.75. The van der Waals surface area contributed by atoms with Crippen LogP contribution in [0.15, 0.2) is 30.3 Å². The average Bonchev–Trinajstić information content (AvgIpc) is 3.08. The molecule has 132 valence electrons. The number of fused-ring (bicyclic) bond motifs is 1. The van der Waals surface area contributed by atoms with Gasteiger partial charge in [-0.05, 0) is 48.7 Å². The molecule has 0 unspecified atom stereocenters. The highest BCUT2D eigenvalue weighted by molar-refractivity contribution is 6.74. The Morgan fingerprint density at radius 3 is 2.50 bits per heavy atom. The Morgan fingerprint density at radius 2 is 1.83 bits per heavy atom. The quantitative estimate of drug-likeness (QED) is 0.652. The fourth-order valence-electron chi connectivity index (χ4n) is 4.37. The van der Waals surface area contributed by atoms with Crippen molar-refractivity contribution in [3.8, 4) is 0 Å². The smallest absolute Gasteiger partial charge is 0.192 e. The van der Waals surface area contributed by atoms with Gasteiger partial charge in [0.25, 0.3) is 0 Å². The van der Waals surface area contributed by atoms with Crippen LogP contribution in [0.2, 0.25) is 24.2 Å². The number of rotatable bonds is 5. The zero-order chi connectivity index (χ0) is 17.4. The molecule has 0 N–H and O–H groups in total. The second kappa shape index (κ2) is 7.09. The van der Waals surface area contributed by atoms with Crippen molar-refractivity contribution in [3.05, 3.63) is 30.3 Å². The number of hydrogen-bond acceptors (Lipinski definition) is 1. The molecule has 3 heteroatoms. The summed E-state index contributed by atoms with van der Waals surface area (Å²) < 4.78 is 7.02. The fraction of sp³-hybridized carbons (Fsp3) is 0.714. The summed E-state index contributed by atoms with van der Waals surface area (Å²) in [6.07, 6.45) is 6.25. The third kappa shape index (κ3) is 3.89. The van der Waals surface area contributed by atoms with Gasteiger partial charge in [-0.2, -0.15) is 0 Å².